The van der Waals surface area contributed by atoms with Crippen LogP contribution in [0.15, 0.2) is 30.3 Å². The fourth-order valence-corrected chi connectivity index (χ4v) is 2.18. The third-order valence-electron chi connectivity index (χ3n) is 3.31. The molecule has 0 aliphatic carbocycles. The van der Waals surface area contributed by atoms with Crippen molar-refractivity contribution in [2.24, 2.45) is 0 Å². The molecule has 0 spiro atoms. The normalized spacial score (nSPS) is 22.6. The second-order valence-electron chi connectivity index (χ2n) is 4.77. The maximum absolute atomic E-state index is 12.0. The molecular weight excluding hydrogens is 260 g/mol. The quantitative estimate of drug-likeness (QED) is 0.802. The first-order valence-electron chi connectivity index (χ1n) is 6.63. The maximum Gasteiger partial charge on any atom is 0.410 e. The van der Waals surface area contributed by atoms with E-state index in [1.807, 2.05) is 30.3 Å². The van der Waals surface area contributed by atoms with Crippen LogP contribution >= 0.6 is 0 Å². The number of amides is 1. The number of aliphatic hydroxyl groups excluding tert-OH is 1. The minimum absolute atomic E-state index is 0.251. The summed E-state index contributed by atoms with van der Waals surface area (Å²) in [6.45, 7) is 1.10. The van der Waals surface area contributed by atoms with Gasteiger partial charge in [0.2, 0.25) is 0 Å². The summed E-state index contributed by atoms with van der Waals surface area (Å²) in [5, 5.41) is 9.79. The van der Waals surface area contributed by atoms with E-state index in [0.29, 0.717) is 19.5 Å². The van der Waals surface area contributed by atoms with Crippen LogP contribution < -0.4 is 5.48 Å². The van der Waals surface area contributed by atoms with Gasteiger partial charge in [0.15, 0.2) is 0 Å². The zero-order chi connectivity index (χ0) is 14.4. The van der Waals surface area contributed by atoms with Crippen LogP contribution in [0.3, 0.4) is 0 Å². The summed E-state index contributed by atoms with van der Waals surface area (Å²) in [6, 6.07) is 9.24. The predicted molar refractivity (Wildman–Crippen MR) is 72.8 cm³/mol. The van der Waals surface area contributed by atoms with Crippen molar-refractivity contribution in [2.75, 3.05) is 20.2 Å². The maximum atomic E-state index is 12.0. The van der Waals surface area contributed by atoms with Crippen molar-refractivity contribution in [3.8, 4) is 0 Å². The van der Waals surface area contributed by atoms with Crippen LogP contribution in [0.5, 0.6) is 0 Å². The molecule has 0 unspecified atom stereocenters. The highest BCUT2D eigenvalue weighted by molar-refractivity contribution is 5.67. The summed E-state index contributed by atoms with van der Waals surface area (Å²) in [5.41, 5.74) is 3.64. The van der Waals surface area contributed by atoms with Crippen molar-refractivity contribution in [2.45, 2.75) is 25.2 Å². The molecule has 110 valence electrons. The molecule has 1 aliphatic heterocycles. The van der Waals surface area contributed by atoms with Gasteiger partial charge in [0.05, 0.1) is 19.3 Å². The van der Waals surface area contributed by atoms with Gasteiger partial charge in [-0.3, -0.25) is 0 Å². The Labute approximate surface area is 118 Å². The molecule has 0 aromatic heterocycles. The molecule has 1 heterocycles. The Morgan fingerprint density at radius 3 is 2.90 bits per heavy atom. The molecule has 2 N–H and O–H groups in total. The first kappa shape index (κ1) is 14.8. The van der Waals surface area contributed by atoms with E-state index in [4.69, 9.17) is 9.57 Å². The van der Waals surface area contributed by atoms with Gasteiger partial charge >= 0.3 is 6.09 Å². The third kappa shape index (κ3) is 3.93. The van der Waals surface area contributed by atoms with Crippen molar-refractivity contribution in [3.05, 3.63) is 35.9 Å². The van der Waals surface area contributed by atoms with Gasteiger partial charge in [0.25, 0.3) is 0 Å². The molecule has 0 bridgehead atoms. The van der Waals surface area contributed by atoms with E-state index < -0.39 is 6.10 Å². The predicted octanol–water partition coefficient (Wildman–Crippen LogP) is 0.909. The number of nitrogens with one attached hydrogen (secondary N) is 1. The first-order valence-corrected chi connectivity index (χ1v) is 6.63. The molecule has 0 radical (unpaired) electrons. The number of ether oxygens (including phenoxy) is 1. The average molecular weight is 280 g/mol. The number of hydrogen-bond donors (Lipinski definition) is 2. The van der Waals surface area contributed by atoms with Crippen LogP contribution in [0, 0.1) is 0 Å². The van der Waals surface area contributed by atoms with Crippen molar-refractivity contribution in [3.63, 3.8) is 0 Å². The summed E-state index contributed by atoms with van der Waals surface area (Å²) in [5.74, 6) is 0. The number of likely N-dealkylation sites (tertiary alicyclic amines) is 1. The number of nitrogens with zero attached hydrogens (tertiary/aromatic N) is 1. The molecule has 6 nitrogen and oxygen atoms in total. The number of piperidine rings is 1. The van der Waals surface area contributed by atoms with Crippen molar-refractivity contribution in [1.29, 1.82) is 0 Å². The first-order chi connectivity index (χ1) is 9.70. The molecule has 1 aliphatic rings. The Hall–Kier alpha value is -1.63. The van der Waals surface area contributed by atoms with Crippen LogP contribution in [0.4, 0.5) is 4.79 Å². The van der Waals surface area contributed by atoms with Gasteiger partial charge in [-0.15, -0.1) is 0 Å². The number of aliphatic hydroxyl groups is 1. The number of hydrogen-bond acceptors (Lipinski definition) is 5. The van der Waals surface area contributed by atoms with Gasteiger partial charge in [0.1, 0.15) is 6.61 Å². The fraction of sp³-hybridized carbons (Fsp3) is 0.500. The molecule has 0 saturated carbocycles. The van der Waals surface area contributed by atoms with E-state index in [-0.39, 0.29) is 18.7 Å². The van der Waals surface area contributed by atoms with Gasteiger partial charge in [-0.25, -0.2) is 4.79 Å². The van der Waals surface area contributed by atoms with Crippen LogP contribution in [-0.2, 0) is 16.2 Å². The number of benzene rings is 1. The highest BCUT2D eigenvalue weighted by Gasteiger charge is 2.30. The van der Waals surface area contributed by atoms with Crippen molar-refractivity contribution >= 4 is 6.09 Å². The molecule has 1 aromatic rings. The zero-order valence-electron chi connectivity index (χ0n) is 11.5. The smallest absolute Gasteiger partial charge is 0.410 e. The van der Waals surface area contributed by atoms with Gasteiger partial charge in [-0.05, 0) is 12.0 Å². The molecule has 6 heteroatoms. The monoisotopic (exact) mass is 280 g/mol. The highest BCUT2D eigenvalue weighted by Crippen LogP contribution is 2.13. The van der Waals surface area contributed by atoms with Gasteiger partial charge in [-0.2, -0.15) is 5.48 Å². The SMILES string of the molecule is CON[C@@H]1CN(C(=O)OCc2ccccc2)CC[C@H]1O. The summed E-state index contributed by atoms with van der Waals surface area (Å²) in [7, 11) is 1.49. The molecule has 1 amide bonds. The van der Waals surface area contributed by atoms with E-state index in [2.05, 4.69) is 5.48 Å². The summed E-state index contributed by atoms with van der Waals surface area (Å²) >= 11 is 0. The van der Waals surface area contributed by atoms with Crippen LogP contribution in [-0.4, -0.2) is 48.4 Å². The molecule has 1 saturated heterocycles. The molecule has 2 rings (SSSR count). The molecule has 1 aromatic carbocycles. The van der Waals surface area contributed by atoms with E-state index in [9.17, 15) is 9.90 Å². The van der Waals surface area contributed by atoms with Gasteiger partial charge in [-0.1, -0.05) is 30.3 Å². The lowest BCUT2D eigenvalue weighted by Crippen LogP contribution is -2.54. The largest absolute Gasteiger partial charge is 0.445 e. The third-order valence-corrected chi connectivity index (χ3v) is 3.31. The van der Waals surface area contributed by atoms with E-state index in [1.165, 1.54) is 7.11 Å². The fourth-order valence-electron chi connectivity index (χ4n) is 2.18. The Balaban J connectivity index is 1.83. The zero-order valence-corrected chi connectivity index (χ0v) is 11.5. The lowest BCUT2D eigenvalue weighted by molar-refractivity contribution is -0.0310. The number of hydroxylamine groups is 1. The van der Waals surface area contributed by atoms with Gasteiger partial charge in [0, 0.05) is 13.1 Å². The number of rotatable bonds is 4. The van der Waals surface area contributed by atoms with Crippen molar-refractivity contribution < 1.29 is 19.5 Å². The Kier molecular flexibility index (Phi) is 5.34. The molecule has 20 heavy (non-hydrogen) atoms. The second-order valence-corrected chi connectivity index (χ2v) is 4.77. The lowest BCUT2D eigenvalue weighted by Gasteiger charge is -2.35. The molecular formula is C14H20N2O4. The van der Waals surface area contributed by atoms with Crippen LogP contribution in [0.25, 0.3) is 0 Å². The van der Waals surface area contributed by atoms with Crippen LogP contribution in [0.2, 0.25) is 0 Å². The van der Waals surface area contributed by atoms with E-state index in [1.54, 1.807) is 4.90 Å². The lowest BCUT2D eigenvalue weighted by atomic mass is 10.0. The minimum atomic E-state index is -0.520. The summed E-state index contributed by atoms with van der Waals surface area (Å²) < 4.78 is 5.27. The highest BCUT2D eigenvalue weighted by atomic mass is 16.6. The Bertz CT molecular complexity index is 426. The topological polar surface area (TPSA) is 71.0 Å². The van der Waals surface area contributed by atoms with Crippen molar-refractivity contribution in [1.82, 2.24) is 10.4 Å². The molecule has 2 atom stereocenters. The summed E-state index contributed by atoms with van der Waals surface area (Å²) in [6.07, 6.45) is -0.390. The summed E-state index contributed by atoms with van der Waals surface area (Å²) in [4.78, 5) is 18.4. The Morgan fingerprint density at radius 1 is 1.45 bits per heavy atom. The second kappa shape index (κ2) is 7.23. The standard InChI is InChI=1S/C14H20N2O4/c1-19-15-12-9-16(8-7-13(12)17)14(18)20-10-11-5-3-2-4-6-11/h2-6,12-13,15,17H,7-10H2,1H3/t12-,13-/m1/s1. The minimum Gasteiger partial charge on any atom is -0.445 e. The number of carbonyl (C=O) groups excluding carboxylic acids is 1. The number of carbonyl (C=O) groups is 1. The van der Waals surface area contributed by atoms with Crippen LogP contribution in [0.1, 0.15) is 12.0 Å². The Morgan fingerprint density at radius 2 is 2.20 bits per heavy atom. The van der Waals surface area contributed by atoms with Gasteiger partial charge < -0.3 is 19.6 Å². The van der Waals surface area contributed by atoms with E-state index >= 15 is 0 Å². The average Bonchev–Trinajstić information content (AvgIpc) is 2.48. The van der Waals surface area contributed by atoms with E-state index in [0.717, 1.165) is 5.56 Å². The molecule has 1 fully saturated rings.